The molecule has 0 fully saturated rings. The van der Waals surface area contributed by atoms with Crippen LogP contribution in [-0.2, 0) is 9.53 Å². The lowest BCUT2D eigenvalue weighted by Gasteiger charge is -2.37. The van der Waals surface area contributed by atoms with E-state index in [0.29, 0.717) is 12.0 Å². The number of hydrogen-bond acceptors (Lipinski definition) is 4. The first kappa shape index (κ1) is 22.0. The molecule has 1 atom stereocenters. The monoisotopic (exact) mass is 451 g/mol. The molecule has 2 aliphatic rings. The van der Waals surface area contributed by atoms with Crippen LogP contribution in [0.3, 0.4) is 0 Å². The van der Waals surface area contributed by atoms with E-state index < -0.39 is 6.10 Å². The minimum absolute atomic E-state index is 0.126. The molecule has 1 unspecified atom stereocenters. The van der Waals surface area contributed by atoms with Gasteiger partial charge in [-0.2, -0.15) is 0 Å². The molecule has 5 rings (SSSR count). The summed E-state index contributed by atoms with van der Waals surface area (Å²) >= 11 is 0. The van der Waals surface area contributed by atoms with Gasteiger partial charge in [-0.05, 0) is 47.7 Å². The highest BCUT2D eigenvalue weighted by Crippen LogP contribution is 2.46. The van der Waals surface area contributed by atoms with E-state index >= 15 is 0 Å². The Balaban J connectivity index is 1.61. The lowest BCUT2D eigenvalue weighted by atomic mass is 9.73. The number of allylic oxidation sites excluding steroid dienone is 1. The molecule has 34 heavy (non-hydrogen) atoms. The van der Waals surface area contributed by atoms with Crippen LogP contribution in [0.5, 0.6) is 5.75 Å². The Morgan fingerprint density at radius 3 is 2.35 bits per heavy atom. The second-order valence-electron chi connectivity index (χ2n) is 9.69. The van der Waals surface area contributed by atoms with Crippen molar-refractivity contribution in [2.75, 3.05) is 12.4 Å². The van der Waals surface area contributed by atoms with E-state index in [2.05, 4.69) is 37.4 Å². The molecule has 0 radical (unpaired) electrons. The third-order valence-corrected chi connectivity index (χ3v) is 6.44. The molecule has 3 aromatic rings. The van der Waals surface area contributed by atoms with E-state index in [1.807, 2.05) is 66.7 Å². The molecule has 172 valence electrons. The van der Waals surface area contributed by atoms with Crippen LogP contribution in [-0.4, -0.2) is 12.9 Å². The van der Waals surface area contributed by atoms with Gasteiger partial charge in [0.05, 0.1) is 12.7 Å². The number of anilines is 1. The van der Waals surface area contributed by atoms with Crippen molar-refractivity contribution in [3.8, 4) is 5.75 Å². The number of hydrogen-bond donors (Lipinski definition) is 1. The molecule has 3 aromatic carbocycles. The van der Waals surface area contributed by atoms with Crippen molar-refractivity contribution in [2.24, 2.45) is 5.41 Å². The fourth-order valence-corrected chi connectivity index (χ4v) is 4.81. The highest BCUT2D eigenvalue weighted by molar-refractivity contribution is 6.00. The van der Waals surface area contributed by atoms with E-state index in [9.17, 15) is 4.79 Å². The van der Waals surface area contributed by atoms with Crippen molar-refractivity contribution in [3.63, 3.8) is 0 Å². The SMILES string of the molecule is COc1ccc(NC2=C(C3OC(c4ccccc4)=Cc4ccccc43)C(=O)CC(C)(C)C2)cc1. The second-order valence-corrected chi connectivity index (χ2v) is 9.69. The maximum atomic E-state index is 13.6. The number of benzene rings is 3. The summed E-state index contributed by atoms with van der Waals surface area (Å²) in [5.74, 6) is 1.70. The van der Waals surface area contributed by atoms with E-state index in [-0.39, 0.29) is 11.2 Å². The smallest absolute Gasteiger partial charge is 0.165 e. The number of rotatable bonds is 5. The quantitative estimate of drug-likeness (QED) is 0.453. The lowest BCUT2D eigenvalue weighted by molar-refractivity contribution is -0.119. The van der Waals surface area contributed by atoms with Gasteiger partial charge in [-0.25, -0.2) is 0 Å². The average Bonchev–Trinajstić information content (AvgIpc) is 2.84. The number of carbonyl (C=O) groups excluding carboxylic acids is 1. The maximum Gasteiger partial charge on any atom is 0.165 e. The summed E-state index contributed by atoms with van der Waals surface area (Å²) in [5, 5.41) is 3.55. The lowest BCUT2D eigenvalue weighted by Crippen LogP contribution is -2.32. The number of Topliss-reactive ketones (excluding diaryl/α,β-unsaturated/α-hetero) is 1. The Labute approximate surface area is 200 Å². The first-order chi connectivity index (χ1) is 16.4. The third kappa shape index (κ3) is 4.36. The summed E-state index contributed by atoms with van der Waals surface area (Å²) in [6.07, 6.45) is 2.84. The van der Waals surface area contributed by atoms with Crippen molar-refractivity contribution in [3.05, 3.63) is 107 Å². The predicted octanol–water partition coefficient (Wildman–Crippen LogP) is 7.02. The second kappa shape index (κ2) is 8.86. The van der Waals surface area contributed by atoms with E-state index in [1.165, 1.54) is 0 Å². The molecule has 1 heterocycles. The Hall–Kier alpha value is -3.79. The van der Waals surface area contributed by atoms with Crippen LogP contribution in [0.15, 0.2) is 90.1 Å². The zero-order valence-electron chi connectivity index (χ0n) is 19.8. The van der Waals surface area contributed by atoms with Gasteiger partial charge >= 0.3 is 0 Å². The number of ether oxygens (including phenoxy) is 2. The van der Waals surface area contributed by atoms with Gasteiger partial charge in [-0.1, -0.05) is 68.4 Å². The maximum absolute atomic E-state index is 13.6. The van der Waals surface area contributed by atoms with Crippen LogP contribution in [0.2, 0.25) is 0 Å². The first-order valence-corrected chi connectivity index (χ1v) is 11.6. The summed E-state index contributed by atoms with van der Waals surface area (Å²) in [7, 11) is 1.65. The third-order valence-electron chi connectivity index (χ3n) is 6.44. The van der Waals surface area contributed by atoms with Gasteiger partial charge < -0.3 is 14.8 Å². The molecule has 0 saturated carbocycles. The number of carbonyl (C=O) groups is 1. The van der Waals surface area contributed by atoms with Crippen molar-refractivity contribution in [2.45, 2.75) is 32.8 Å². The molecular formula is C30H29NO3. The van der Waals surface area contributed by atoms with Crippen molar-refractivity contribution in [1.29, 1.82) is 0 Å². The van der Waals surface area contributed by atoms with Gasteiger partial charge in [0, 0.05) is 28.9 Å². The van der Waals surface area contributed by atoms with E-state index in [4.69, 9.17) is 9.47 Å². The zero-order valence-corrected chi connectivity index (χ0v) is 19.8. The molecule has 4 heteroatoms. The average molecular weight is 452 g/mol. The summed E-state index contributed by atoms with van der Waals surface area (Å²) in [6.45, 7) is 4.28. The molecule has 1 N–H and O–H groups in total. The van der Waals surface area contributed by atoms with Crippen molar-refractivity contribution in [1.82, 2.24) is 0 Å². The van der Waals surface area contributed by atoms with Gasteiger partial charge in [-0.3, -0.25) is 4.79 Å². The van der Waals surface area contributed by atoms with Crippen molar-refractivity contribution < 1.29 is 14.3 Å². The molecule has 1 aliphatic heterocycles. The zero-order chi connectivity index (χ0) is 23.7. The largest absolute Gasteiger partial charge is 0.497 e. The number of ketones is 1. The Bertz CT molecular complexity index is 1270. The molecule has 4 nitrogen and oxygen atoms in total. The molecule has 0 bridgehead atoms. The summed E-state index contributed by atoms with van der Waals surface area (Å²) in [4.78, 5) is 13.6. The molecule has 0 amide bonds. The van der Waals surface area contributed by atoms with Crippen LogP contribution in [0, 0.1) is 5.41 Å². The molecule has 0 saturated heterocycles. The molecule has 0 spiro atoms. The minimum Gasteiger partial charge on any atom is -0.497 e. The first-order valence-electron chi connectivity index (χ1n) is 11.6. The van der Waals surface area contributed by atoms with Gasteiger partial charge in [0.1, 0.15) is 11.5 Å². The number of fused-ring (bicyclic) bond motifs is 1. The van der Waals surface area contributed by atoms with Crippen molar-refractivity contribution >= 4 is 23.3 Å². The molecule has 0 aromatic heterocycles. The van der Waals surface area contributed by atoms with Crippen LogP contribution in [0.25, 0.3) is 11.8 Å². The number of nitrogens with one attached hydrogen (secondary N) is 1. The van der Waals surface area contributed by atoms with Gasteiger partial charge in [-0.15, -0.1) is 0 Å². The van der Waals surface area contributed by atoms with Crippen LogP contribution >= 0.6 is 0 Å². The van der Waals surface area contributed by atoms with E-state index in [0.717, 1.165) is 46.0 Å². The summed E-state index contributed by atoms with van der Waals surface area (Å²) < 4.78 is 11.9. The fraction of sp³-hybridized carbons (Fsp3) is 0.233. The number of methoxy groups -OCH3 is 1. The van der Waals surface area contributed by atoms with Gasteiger partial charge in [0.25, 0.3) is 0 Å². The van der Waals surface area contributed by atoms with Gasteiger partial charge in [0.2, 0.25) is 0 Å². The van der Waals surface area contributed by atoms with Crippen LogP contribution in [0.1, 0.15) is 49.5 Å². The van der Waals surface area contributed by atoms with E-state index in [1.54, 1.807) is 7.11 Å². The normalized spacial score (nSPS) is 19.1. The van der Waals surface area contributed by atoms with Crippen LogP contribution < -0.4 is 10.1 Å². The summed E-state index contributed by atoms with van der Waals surface area (Å²) in [6, 6.07) is 26.0. The summed E-state index contributed by atoms with van der Waals surface area (Å²) in [5.41, 5.74) is 5.50. The Kier molecular flexibility index (Phi) is 5.74. The minimum atomic E-state index is -0.472. The highest BCUT2D eigenvalue weighted by atomic mass is 16.5. The standard InChI is InChI=1S/C30H29NO3/c1-30(2)18-25(31-22-13-15-23(33-3)16-14-22)28(26(32)19-30)29-24-12-8-7-11-21(24)17-27(34-29)20-9-5-4-6-10-20/h4-17,29,31H,18-19H2,1-3H3. The topological polar surface area (TPSA) is 47.6 Å². The predicted molar refractivity (Wildman–Crippen MR) is 136 cm³/mol. The van der Waals surface area contributed by atoms with Gasteiger partial charge in [0.15, 0.2) is 11.9 Å². The molecule has 1 aliphatic carbocycles. The fourth-order valence-electron chi connectivity index (χ4n) is 4.81. The van der Waals surface area contributed by atoms with Crippen LogP contribution in [0.4, 0.5) is 5.69 Å². The highest BCUT2D eigenvalue weighted by Gasteiger charge is 2.39. The molecular weight excluding hydrogens is 422 g/mol. The Morgan fingerprint density at radius 2 is 1.62 bits per heavy atom. The Morgan fingerprint density at radius 1 is 0.912 bits per heavy atom.